The molecule has 0 spiro atoms. The molecule has 0 saturated carbocycles. The van der Waals surface area contributed by atoms with Gasteiger partial charge in [0.2, 0.25) is 0 Å². The Kier molecular flexibility index (Phi) is 5.64. The highest BCUT2D eigenvalue weighted by molar-refractivity contribution is 6.06. The third-order valence-electron chi connectivity index (χ3n) is 3.71. The lowest BCUT2D eigenvalue weighted by Crippen LogP contribution is -2.28. The number of nitrogens with zero attached hydrogens (tertiary/aromatic N) is 2. The first-order valence-corrected chi connectivity index (χ1v) is 8.33. The summed E-state index contributed by atoms with van der Waals surface area (Å²) in [5, 5.41) is 12.4. The molecular weight excluding hydrogens is 342 g/mol. The largest absolute Gasteiger partial charge is 0.334 e. The summed E-state index contributed by atoms with van der Waals surface area (Å²) in [6.07, 6.45) is 5.04. The predicted octanol–water partition coefficient (Wildman–Crippen LogP) is 3.43. The second-order valence-corrected chi connectivity index (χ2v) is 5.62. The minimum absolute atomic E-state index is 0.245. The molecule has 0 fully saturated rings. The number of benzene rings is 2. The van der Waals surface area contributed by atoms with Gasteiger partial charge in [-0.3, -0.25) is 4.79 Å². The van der Waals surface area contributed by atoms with E-state index in [1.807, 2.05) is 12.1 Å². The Morgan fingerprint density at radius 1 is 1.00 bits per heavy atom. The van der Waals surface area contributed by atoms with E-state index in [0.717, 1.165) is 0 Å². The molecule has 2 aromatic carbocycles. The van der Waals surface area contributed by atoms with Gasteiger partial charge in [0, 0.05) is 30.3 Å². The Morgan fingerprint density at radius 2 is 1.70 bits per heavy atom. The van der Waals surface area contributed by atoms with E-state index < -0.39 is 0 Å². The van der Waals surface area contributed by atoms with Crippen molar-refractivity contribution in [3.05, 3.63) is 85.2 Å². The normalized spacial score (nSPS) is 10.1. The first-order chi connectivity index (χ1) is 13.2. The van der Waals surface area contributed by atoms with Gasteiger partial charge in [0.15, 0.2) is 0 Å². The van der Waals surface area contributed by atoms with Crippen LogP contribution in [0.1, 0.15) is 10.4 Å². The summed E-state index contributed by atoms with van der Waals surface area (Å²) in [5.74, 6) is -0.245. The van der Waals surface area contributed by atoms with E-state index in [1.54, 1.807) is 65.6 Å². The molecule has 27 heavy (non-hydrogen) atoms. The quantitative estimate of drug-likeness (QED) is 0.588. The maximum absolute atomic E-state index is 12.7. The summed E-state index contributed by atoms with van der Waals surface area (Å²) in [4.78, 5) is 24.3. The Morgan fingerprint density at radius 3 is 2.37 bits per heavy atom. The van der Waals surface area contributed by atoms with E-state index in [0.29, 0.717) is 29.2 Å². The van der Waals surface area contributed by atoms with Crippen LogP contribution in [-0.4, -0.2) is 28.3 Å². The molecule has 0 aliphatic heterocycles. The minimum atomic E-state index is -0.320. The van der Waals surface area contributed by atoms with E-state index in [4.69, 9.17) is 0 Å². The van der Waals surface area contributed by atoms with Crippen LogP contribution in [0.4, 0.5) is 16.2 Å². The highest BCUT2D eigenvalue weighted by Crippen LogP contribution is 2.18. The van der Waals surface area contributed by atoms with Crippen LogP contribution in [0.3, 0.4) is 0 Å². The number of urea groups is 1. The van der Waals surface area contributed by atoms with Crippen molar-refractivity contribution in [2.24, 2.45) is 0 Å². The molecule has 3 aromatic rings. The van der Waals surface area contributed by atoms with Gasteiger partial charge in [-0.15, -0.1) is 6.58 Å². The Bertz CT molecular complexity index is 933. The van der Waals surface area contributed by atoms with E-state index in [2.05, 4.69) is 27.6 Å². The molecule has 136 valence electrons. The van der Waals surface area contributed by atoms with Crippen LogP contribution in [0.5, 0.6) is 0 Å². The second-order valence-electron chi connectivity index (χ2n) is 5.62. The van der Waals surface area contributed by atoms with Crippen molar-refractivity contribution in [3.8, 4) is 5.69 Å². The molecule has 0 unspecified atom stereocenters. The zero-order valence-corrected chi connectivity index (χ0v) is 14.6. The fraction of sp³-hybridized carbons (Fsp3) is 0.0500. The minimum Gasteiger partial charge on any atom is -0.334 e. The number of rotatable bonds is 6. The topological polar surface area (TPSA) is 88.0 Å². The molecular formula is C20H19N5O2. The van der Waals surface area contributed by atoms with Crippen LogP contribution >= 0.6 is 0 Å². The first kappa shape index (κ1) is 17.9. The highest BCUT2D eigenvalue weighted by Gasteiger charge is 2.13. The molecule has 0 aliphatic carbocycles. The van der Waals surface area contributed by atoms with Gasteiger partial charge >= 0.3 is 6.03 Å². The van der Waals surface area contributed by atoms with Gasteiger partial charge in [0.05, 0.1) is 11.3 Å². The molecule has 0 bridgehead atoms. The van der Waals surface area contributed by atoms with Crippen molar-refractivity contribution in [2.75, 3.05) is 17.2 Å². The molecule has 3 amide bonds. The van der Waals surface area contributed by atoms with Crippen LogP contribution in [0.25, 0.3) is 5.69 Å². The lowest BCUT2D eigenvalue weighted by molar-refractivity contribution is 0.102. The molecule has 7 nitrogen and oxygen atoms in total. The molecule has 1 heterocycles. The Balaban J connectivity index is 1.69. The van der Waals surface area contributed by atoms with E-state index >= 15 is 0 Å². The third kappa shape index (κ3) is 4.60. The average Bonchev–Trinajstić information content (AvgIpc) is 3.22. The number of amides is 3. The summed E-state index contributed by atoms with van der Waals surface area (Å²) in [7, 11) is 0. The van der Waals surface area contributed by atoms with Gasteiger partial charge in [-0.2, -0.15) is 5.10 Å². The zero-order chi connectivity index (χ0) is 19.1. The molecule has 3 rings (SSSR count). The number of hydrogen-bond donors (Lipinski definition) is 3. The molecule has 0 atom stereocenters. The molecule has 0 saturated heterocycles. The maximum Gasteiger partial charge on any atom is 0.319 e. The van der Waals surface area contributed by atoms with Gasteiger partial charge in [0.25, 0.3) is 5.91 Å². The number of anilines is 2. The van der Waals surface area contributed by atoms with E-state index in [1.165, 1.54) is 0 Å². The predicted molar refractivity (Wildman–Crippen MR) is 105 cm³/mol. The van der Waals surface area contributed by atoms with E-state index in [9.17, 15) is 9.59 Å². The van der Waals surface area contributed by atoms with Crippen molar-refractivity contribution in [3.63, 3.8) is 0 Å². The second kappa shape index (κ2) is 8.48. The van der Waals surface area contributed by atoms with E-state index in [-0.39, 0.29) is 11.9 Å². The third-order valence-corrected chi connectivity index (χ3v) is 3.71. The lowest BCUT2D eigenvalue weighted by Gasteiger charge is -2.11. The van der Waals surface area contributed by atoms with Gasteiger partial charge in [-0.05, 0) is 42.5 Å². The number of hydrogen-bond acceptors (Lipinski definition) is 3. The van der Waals surface area contributed by atoms with Crippen molar-refractivity contribution in [1.29, 1.82) is 0 Å². The number of carbonyl (C=O) groups excluding carboxylic acids is 2. The zero-order valence-electron chi connectivity index (χ0n) is 14.6. The summed E-state index contributed by atoms with van der Waals surface area (Å²) in [6.45, 7) is 3.92. The van der Waals surface area contributed by atoms with Crippen molar-refractivity contribution >= 4 is 23.3 Å². The van der Waals surface area contributed by atoms with Gasteiger partial charge in [-0.1, -0.05) is 18.2 Å². The number of carbonyl (C=O) groups is 2. The summed E-state index contributed by atoms with van der Waals surface area (Å²) >= 11 is 0. The molecule has 0 radical (unpaired) electrons. The Hall–Kier alpha value is -3.87. The summed E-state index contributed by atoms with van der Waals surface area (Å²) in [6, 6.07) is 15.6. The number of aromatic nitrogens is 2. The Labute approximate surface area is 156 Å². The van der Waals surface area contributed by atoms with Gasteiger partial charge < -0.3 is 16.0 Å². The monoisotopic (exact) mass is 361 g/mol. The van der Waals surface area contributed by atoms with Crippen molar-refractivity contribution in [2.45, 2.75) is 0 Å². The SMILES string of the molecule is C=CCNC(=O)Nc1ccc(NC(=O)c2ccccc2-n2cccn2)cc1. The summed E-state index contributed by atoms with van der Waals surface area (Å²) < 4.78 is 1.64. The van der Waals surface area contributed by atoms with Crippen molar-refractivity contribution < 1.29 is 9.59 Å². The molecule has 7 heteroatoms. The van der Waals surface area contributed by atoms with Crippen LogP contribution in [0, 0.1) is 0 Å². The van der Waals surface area contributed by atoms with Crippen LogP contribution in [0.2, 0.25) is 0 Å². The van der Waals surface area contributed by atoms with Crippen LogP contribution in [0.15, 0.2) is 79.6 Å². The standard InChI is InChI=1S/C20H19N5O2/c1-2-12-21-20(27)24-16-10-8-15(9-11-16)23-19(26)17-6-3-4-7-18(17)25-14-5-13-22-25/h2-11,13-14H,1,12H2,(H,23,26)(H2,21,24,27). The number of para-hydroxylation sites is 1. The summed E-state index contributed by atoms with van der Waals surface area (Å²) in [5.41, 5.74) is 2.43. The highest BCUT2D eigenvalue weighted by atomic mass is 16.2. The fourth-order valence-electron chi connectivity index (χ4n) is 2.45. The number of nitrogens with one attached hydrogen (secondary N) is 3. The smallest absolute Gasteiger partial charge is 0.319 e. The van der Waals surface area contributed by atoms with Gasteiger partial charge in [0.1, 0.15) is 0 Å². The lowest BCUT2D eigenvalue weighted by atomic mass is 10.1. The van der Waals surface area contributed by atoms with Gasteiger partial charge in [-0.25, -0.2) is 9.48 Å². The first-order valence-electron chi connectivity index (χ1n) is 8.33. The maximum atomic E-state index is 12.7. The van der Waals surface area contributed by atoms with Crippen LogP contribution in [-0.2, 0) is 0 Å². The van der Waals surface area contributed by atoms with Crippen LogP contribution < -0.4 is 16.0 Å². The molecule has 3 N–H and O–H groups in total. The van der Waals surface area contributed by atoms with Crippen molar-refractivity contribution in [1.82, 2.24) is 15.1 Å². The molecule has 0 aliphatic rings. The fourth-order valence-corrected chi connectivity index (χ4v) is 2.45. The average molecular weight is 361 g/mol. The molecule has 1 aromatic heterocycles.